The lowest BCUT2D eigenvalue weighted by Crippen LogP contribution is -2.35. The molecule has 2 heterocycles. The molecule has 1 aliphatic rings. The van der Waals surface area contributed by atoms with Crippen molar-refractivity contribution in [1.82, 2.24) is 14.8 Å². The number of rotatable bonds is 6. The molecule has 8 heteroatoms. The lowest BCUT2D eigenvalue weighted by Gasteiger charge is -2.22. The van der Waals surface area contributed by atoms with Gasteiger partial charge in [-0.05, 0) is 48.0 Å². The van der Waals surface area contributed by atoms with Gasteiger partial charge in [0.15, 0.2) is 0 Å². The van der Waals surface area contributed by atoms with Crippen LogP contribution in [0.15, 0.2) is 47.6 Å². The second-order valence-corrected chi connectivity index (χ2v) is 7.48. The number of nitrogens with zero attached hydrogens (tertiary/aromatic N) is 3. The fraction of sp³-hybridized carbons (Fsp3) is 0.400. The van der Waals surface area contributed by atoms with E-state index < -0.39 is 5.76 Å². The highest BCUT2D eigenvalue weighted by atomic mass is 32.2. The van der Waals surface area contributed by atoms with E-state index in [0.717, 1.165) is 31.8 Å². The zero-order valence-electron chi connectivity index (χ0n) is 15.7. The molecule has 1 aliphatic heterocycles. The van der Waals surface area contributed by atoms with Gasteiger partial charge >= 0.3 is 0 Å². The summed E-state index contributed by atoms with van der Waals surface area (Å²) in [6, 6.07) is 11.1. The molecule has 0 unspecified atom stereocenters. The third-order valence-electron chi connectivity index (χ3n) is 4.64. The van der Waals surface area contributed by atoms with Crippen molar-refractivity contribution in [3.05, 3.63) is 53.7 Å². The normalized spacial score (nSPS) is 15.5. The summed E-state index contributed by atoms with van der Waals surface area (Å²) in [5, 5.41) is 0.0850. The lowest BCUT2D eigenvalue weighted by atomic mass is 10.2. The number of methoxy groups -OCH3 is 1. The van der Waals surface area contributed by atoms with Crippen LogP contribution in [0.3, 0.4) is 0 Å². The summed E-state index contributed by atoms with van der Waals surface area (Å²) in [7, 11) is 1.64. The summed E-state index contributed by atoms with van der Waals surface area (Å²) in [6.07, 6.45) is 2.26. The van der Waals surface area contributed by atoms with Crippen molar-refractivity contribution in [2.45, 2.75) is 23.7 Å². The van der Waals surface area contributed by atoms with E-state index in [2.05, 4.69) is 9.88 Å². The van der Waals surface area contributed by atoms with E-state index in [-0.39, 0.29) is 16.5 Å². The number of benzene rings is 1. The molecule has 0 atom stereocenters. The fourth-order valence-corrected chi connectivity index (χ4v) is 3.80. The van der Waals surface area contributed by atoms with Gasteiger partial charge in [-0.1, -0.05) is 12.1 Å². The van der Waals surface area contributed by atoms with Crippen LogP contribution in [0.1, 0.15) is 22.3 Å². The van der Waals surface area contributed by atoms with Crippen LogP contribution in [0, 0.1) is 0 Å². The summed E-state index contributed by atoms with van der Waals surface area (Å²) < 4.78 is 30.7. The maximum Gasteiger partial charge on any atom is 0.290 e. The second kappa shape index (κ2) is 9.84. The number of halogens is 2. The summed E-state index contributed by atoms with van der Waals surface area (Å²) >= 11 is 0.315. The number of amides is 1. The molecule has 150 valence electrons. The lowest BCUT2D eigenvalue weighted by molar-refractivity contribution is 0.0756. The first-order valence-corrected chi connectivity index (χ1v) is 9.99. The van der Waals surface area contributed by atoms with E-state index in [1.165, 1.54) is 11.8 Å². The molecule has 1 aromatic heterocycles. The molecule has 0 N–H and O–H groups in total. The molecule has 2 aromatic rings. The molecule has 3 rings (SSSR count). The Balaban J connectivity index is 1.62. The molecular formula is C20H23F2N3O2S. The number of ether oxygens (including phenoxy) is 1. The largest absolute Gasteiger partial charge is 0.497 e. The van der Waals surface area contributed by atoms with Crippen LogP contribution in [-0.4, -0.2) is 59.7 Å². The van der Waals surface area contributed by atoms with Crippen LogP contribution in [0.25, 0.3) is 0 Å². The Morgan fingerprint density at radius 2 is 1.96 bits per heavy atom. The van der Waals surface area contributed by atoms with Crippen LogP contribution < -0.4 is 4.74 Å². The smallest absolute Gasteiger partial charge is 0.290 e. The summed E-state index contributed by atoms with van der Waals surface area (Å²) in [5.41, 5.74) is 1.43. The predicted molar refractivity (Wildman–Crippen MR) is 105 cm³/mol. The molecule has 0 saturated carbocycles. The topological polar surface area (TPSA) is 45.7 Å². The molecule has 5 nitrogen and oxygen atoms in total. The number of pyridine rings is 1. The van der Waals surface area contributed by atoms with Gasteiger partial charge in [0.25, 0.3) is 11.7 Å². The Morgan fingerprint density at radius 3 is 2.68 bits per heavy atom. The number of thioether (sulfide) groups is 1. The van der Waals surface area contributed by atoms with Gasteiger partial charge in [0, 0.05) is 38.9 Å². The van der Waals surface area contributed by atoms with Crippen molar-refractivity contribution >= 4 is 17.7 Å². The number of carbonyl (C=O) groups excluding carboxylic acids is 1. The third-order valence-corrected chi connectivity index (χ3v) is 5.37. The zero-order valence-corrected chi connectivity index (χ0v) is 16.5. The molecule has 0 radical (unpaired) electrons. The minimum Gasteiger partial charge on any atom is -0.497 e. The molecule has 1 fully saturated rings. The van der Waals surface area contributed by atoms with Crippen LogP contribution in [0.2, 0.25) is 0 Å². The Morgan fingerprint density at radius 1 is 1.18 bits per heavy atom. The number of aromatic nitrogens is 1. The van der Waals surface area contributed by atoms with Crippen LogP contribution in [-0.2, 0) is 6.54 Å². The van der Waals surface area contributed by atoms with Crippen LogP contribution >= 0.6 is 11.8 Å². The van der Waals surface area contributed by atoms with E-state index in [0.29, 0.717) is 24.9 Å². The Labute approximate surface area is 167 Å². The van der Waals surface area contributed by atoms with Gasteiger partial charge < -0.3 is 9.64 Å². The van der Waals surface area contributed by atoms with Crippen molar-refractivity contribution in [2.24, 2.45) is 0 Å². The van der Waals surface area contributed by atoms with E-state index >= 15 is 0 Å². The quantitative estimate of drug-likeness (QED) is 0.683. The monoisotopic (exact) mass is 407 g/mol. The first kappa shape index (κ1) is 20.5. The minimum atomic E-state index is -2.61. The third kappa shape index (κ3) is 5.42. The highest BCUT2D eigenvalue weighted by Gasteiger charge is 2.24. The SMILES string of the molecule is COc1ccc(CN2CCCN(C(=O)c3cccnc3SC(F)F)CC2)cc1. The van der Waals surface area contributed by atoms with Crippen molar-refractivity contribution in [3.63, 3.8) is 0 Å². The van der Waals surface area contributed by atoms with Crippen molar-refractivity contribution in [2.75, 3.05) is 33.3 Å². The molecule has 0 spiro atoms. The minimum absolute atomic E-state index is 0.0850. The van der Waals surface area contributed by atoms with Gasteiger partial charge in [-0.3, -0.25) is 9.69 Å². The molecule has 1 aromatic carbocycles. The van der Waals surface area contributed by atoms with Crippen molar-refractivity contribution in [1.29, 1.82) is 0 Å². The van der Waals surface area contributed by atoms with E-state index in [9.17, 15) is 13.6 Å². The fourth-order valence-electron chi connectivity index (χ4n) is 3.22. The van der Waals surface area contributed by atoms with E-state index in [1.807, 2.05) is 24.3 Å². The number of alkyl halides is 2. The molecule has 1 saturated heterocycles. The maximum absolute atomic E-state index is 12.9. The summed E-state index contributed by atoms with van der Waals surface area (Å²) in [4.78, 5) is 20.9. The summed E-state index contributed by atoms with van der Waals surface area (Å²) in [6.45, 7) is 3.57. The average Bonchev–Trinajstić information content (AvgIpc) is 2.94. The van der Waals surface area contributed by atoms with Gasteiger partial charge in [0.1, 0.15) is 10.8 Å². The highest BCUT2D eigenvalue weighted by Crippen LogP contribution is 2.27. The predicted octanol–water partition coefficient (Wildman–Crippen LogP) is 3.75. The van der Waals surface area contributed by atoms with Gasteiger partial charge in [-0.2, -0.15) is 8.78 Å². The summed E-state index contributed by atoms with van der Waals surface area (Å²) in [5.74, 6) is -2.02. The first-order valence-electron chi connectivity index (χ1n) is 9.11. The Hall–Kier alpha value is -2.19. The standard InChI is InChI=1S/C20H23F2N3O2S/c1-27-16-7-5-15(6-8-16)14-24-10-3-11-25(13-12-24)19(26)17-4-2-9-23-18(17)28-20(21)22/h2,4-9,20H,3,10-14H2,1H3. The number of hydrogen-bond acceptors (Lipinski definition) is 5. The van der Waals surface area contributed by atoms with Gasteiger partial charge in [0.2, 0.25) is 0 Å². The van der Waals surface area contributed by atoms with E-state index in [1.54, 1.807) is 24.1 Å². The number of hydrogen-bond donors (Lipinski definition) is 0. The Bertz CT molecular complexity index is 789. The van der Waals surface area contributed by atoms with Crippen molar-refractivity contribution < 1.29 is 18.3 Å². The molecule has 1 amide bonds. The van der Waals surface area contributed by atoms with Gasteiger partial charge in [-0.25, -0.2) is 4.98 Å². The first-order chi connectivity index (χ1) is 13.6. The maximum atomic E-state index is 12.9. The van der Waals surface area contributed by atoms with Crippen LogP contribution in [0.4, 0.5) is 8.78 Å². The van der Waals surface area contributed by atoms with Gasteiger partial charge in [0.05, 0.1) is 12.7 Å². The van der Waals surface area contributed by atoms with Gasteiger partial charge in [-0.15, -0.1) is 0 Å². The van der Waals surface area contributed by atoms with Crippen molar-refractivity contribution in [3.8, 4) is 5.75 Å². The second-order valence-electron chi connectivity index (χ2n) is 6.50. The molecule has 0 aliphatic carbocycles. The molecule has 28 heavy (non-hydrogen) atoms. The van der Waals surface area contributed by atoms with E-state index in [4.69, 9.17) is 4.74 Å². The Kier molecular flexibility index (Phi) is 7.22. The number of carbonyl (C=O) groups is 1. The highest BCUT2D eigenvalue weighted by molar-refractivity contribution is 7.99. The zero-order chi connectivity index (χ0) is 19.9. The molecular weight excluding hydrogens is 384 g/mol. The average molecular weight is 407 g/mol. The van der Waals surface area contributed by atoms with Crippen LogP contribution in [0.5, 0.6) is 5.75 Å². The molecule has 0 bridgehead atoms.